The molecule has 0 bridgehead atoms. The van der Waals surface area contributed by atoms with Crippen LogP contribution in [0.1, 0.15) is 17.2 Å². The lowest BCUT2D eigenvalue weighted by atomic mass is 9.99. The lowest BCUT2D eigenvalue weighted by Crippen LogP contribution is -2.27. The molecule has 1 atom stereocenters. The number of hydrogen-bond donors (Lipinski definition) is 3. The quantitative estimate of drug-likeness (QED) is 0.101. The van der Waals surface area contributed by atoms with Gasteiger partial charge in [0.25, 0.3) is 0 Å². The number of carbonyl (C=O) groups is 2. The molecule has 4 aromatic carbocycles. The van der Waals surface area contributed by atoms with E-state index in [1.165, 1.54) is 7.11 Å². The number of hydrogen-bond acceptors (Lipinski definition) is 7. The monoisotopic (exact) mass is 631 g/mol. The molecule has 0 radical (unpaired) electrons. The van der Waals surface area contributed by atoms with Crippen molar-refractivity contribution in [2.24, 2.45) is 5.73 Å². The zero-order valence-corrected chi connectivity index (χ0v) is 25.4. The summed E-state index contributed by atoms with van der Waals surface area (Å²) in [5.74, 6) is 0.897. The first-order valence-electron chi connectivity index (χ1n) is 13.9. The van der Waals surface area contributed by atoms with E-state index in [4.69, 9.17) is 43.4 Å². The summed E-state index contributed by atoms with van der Waals surface area (Å²) in [6.45, 7) is 1.26. The number of rotatable bonds is 11. The summed E-state index contributed by atoms with van der Waals surface area (Å²) in [5, 5.41) is 8.10. The number of nitrogens with zero attached hydrogens (tertiary/aromatic N) is 2. The predicted molar refractivity (Wildman–Crippen MR) is 178 cm³/mol. The number of fused-ring (bicyclic) bond motifs is 2. The molecule has 0 fully saturated rings. The van der Waals surface area contributed by atoms with E-state index in [0.717, 1.165) is 33.2 Å². The number of nitrogens with one attached hydrogen (secondary N) is 2. The van der Waals surface area contributed by atoms with Crippen LogP contribution in [0.3, 0.4) is 0 Å². The van der Waals surface area contributed by atoms with Crippen LogP contribution in [-0.2, 0) is 9.47 Å². The molecule has 44 heavy (non-hydrogen) atoms. The number of halogens is 2. The summed E-state index contributed by atoms with van der Waals surface area (Å²) in [4.78, 5) is 31.3. The van der Waals surface area contributed by atoms with E-state index in [0.29, 0.717) is 47.4 Å². The fraction of sp³-hybridized carbons (Fsp3) is 0.182. The van der Waals surface area contributed by atoms with Crippen LogP contribution in [0.5, 0.6) is 0 Å². The van der Waals surface area contributed by atoms with E-state index in [1.54, 1.807) is 12.1 Å². The summed E-state index contributed by atoms with van der Waals surface area (Å²) in [5.41, 5.74) is 11.2. The van der Waals surface area contributed by atoms with Crippen molar-refractivity contribution in [3.8, 4) is 0 Å². The second-order valence-corrected chi connectivity index (χ2v) is 10.6. The van der Waals surface area contributed by atoms with Crippen molar-refractivity contribution < 1.29 is 19.1 Å². The van der Waals surface area contributed by atoms with Crippen LogP contribution in [0.25, 0.3) is 21.8 Å². The molecule has 0 aliphatic heterocycles. The fourth-order valence-electron chi connectivity index (χ4n) is 5.11. The van der Waals surface area contributed by atoms with Crippen LogP contribution in [0, 0.1) is 0 Å². The first kappa shape index (κ1) is 30.7. The predicted octanol–water partition coefficient (Wildman–Crippen LogP) is 7.78. The van der Waals surface area contributed by atoms with Gasteiger partial charge in [-0.15, -0.1) is 23.2 Å². The van der Waals surface area contributed by atoms with Gasteiger partial charge in [-0.3, -0.25) is 5.32 Å². The zero-order valence-electron chi connectivity index (χ0n) is 23.9. The van der Waals surface area contributed by atoms with Crippen molar-refractivity contribution >= 4 is 79.9 Å². The molecule has 5 aromatic rings. The second kappa shape index (κ2) is 14.2. The van der Waals surface area contributed by atoms with Crippen LogP contribution >= 0.6 is 23.2 Å². The summed E-state index contributed by atoms with van der Waals surface area (Å²) < 4.78 is 10.5. The Labute approximate surface area is 264 Å². The number of benzene rings is 4. The number of alkyl halides is 2. The van der Waals surface area contributed by atoms with Crippen LogP contribution < -0.4 is 21.3 Å². The lowest BCUT2D eigenvalue weighted by molar-refractivity contribution is 0.126. The van der Waals surface area contributed by atoms with Gasteiger partial charge in [-0.1, -0.05) is 48.5 Å². The van der Waals surface area contributed by atoms with E-state index in [2.05, 4.69) is 15.5 Å². The number of ether oxygens (including phenoxy) is 2. The lowest BCUT2D eigenvalue weighted by Gasteiger charge is -2.24. The van der Waals surface area contributed by atoms with E-state index < -0.39 is 18.3 Å². The third kappa shape index (κ3) is 7.07. The minimum absolute atomic E-state index is 0.421. The topological polar surface area (TPSA) is 119 Å². The smallest absolute Gasteiger partial charge is 0.411 e. The minimum Gasteiger partial charge on any atom is -0.453 e. The number of primary amides is 1. The molecule has 2 amide bonds. The van der Waals surface area contributed by atoms with Crippen LogP contribution in [0.4, 0.5) is 32.3 Å². The molecule has 4 N–H and O–H groups in total. The molecule has 0 saturated heterocycles. The number of aromatic nitrogens is 1. The Kier molecular flexibility index (Phi) is 9.89. The highest BCUT2D eigenvalue weighted by molar-refractivity contribution is 6.18. The Bertz CT molecular complexity index is 1720. The van der Waals surface area contributed by atoms with Crippen molar-refractivity contribution in [2.75, 3.05) is 47.5 Å². The molecule has 9 nitrogen and oxygen atoms in total. The van der Waals surface area contributed by atoms with Gasteiger partial charge in [0.2, 0.25) is 0 Å². The number of carbonyl (C=O) groups excluding carboxylic acids is 2. The minimum atomic E-state index is -0.947. The highest BCUT2D eigenvalue weighted by Gasteiger charge is 2.21. The molecule has 0 spiro atoms. The summed E-state index contributed by atoms with van der Waals surface area (Å²) in [7, 11) is 1.28. The van der Waals surface area contributed by atoms with Crippen molar-refractivity contribution in [1.82, 2.24) is 4.98 Å². The number of anilines is 4. The average molecular weight is 633 g/mol. The van der Waals surface area contributed by atoms with Gasteiger partial charge >= 0.3 is 12.2 Å². The van der Waals surface area contributed by atoms with Gasteiger partial charge in [-0.05, 0) is 48.0 Å². The maximum absolute atomic E-state index is 12.2. The molecule has 1 heterocycles. The van der Waals surface area contributed by atoms with Crippen LogP contribution in [0.2, 0.25) is 0 Å². The van der Waals surface area contributed by atoms with E-state index >= 15 is 0 Å². The van der Waals surface area contributed by atoms with Gasteiger partial charge < -0.3 is 25.4 Å². The normalized spacial score (nSPS) is 11.6. The number of nitrogens with two attached hydrogens (primary N) is 1. The van der Waals surface area contributed by atoms with Gasteiger partial charge in [0.05, 0.1) is 23.8 Å². The third-order valence-electron chi connectivity index (χ3n) is 7.05. The average Bonchev–Trinajstić information content (AvgIpc) is 3.03. The van der Waals surface area contributed by atoms with Gasteiger partial charge in [0, 0.05) is 58.2 Å². The van der Waals surface area contributed by atoms with Crippen molar-refractivity contribution in [2.45, 2.75) is 6.10 Å². The Balaban J connectivity index is 1.60. The molecule has 5 rings (SSSR count). The molecule has 0 aliphatic rings. The Morgan fingerprint density at radius 2 is 1.43 bits per heavy atom. The number of pyridine rings is 1. The maximum atomic E-state index is 12.2. The van der Waals surface area contributed by atoms with Gasteiger partial charge in [0.15, 0.2) is 6.10 Å². The highest BCUT2D eigenvalue weighted by Crippen LogP contribution is 2.36. The molecule has 1 unspecified atom stereocenters. The standard InChI is InChI=1S/C33H31Cl2N5O4/c1-43-33(42)38-24-19-22(31(44-32(36)41)21-10-12-25(13-11-21)40(16-14-34)17-15-35)18-23(20-24)37-30-26-6-2-4-8-28(26)39-29-9-5-3-7-27(29)30/h2-13,18-20,31H,14-17H2,1H3,(H2,36,41)(H,37,39)(H,38,42). The van der Waals surface area contributed by atoms with E-state index in [1.807, 2.05) is 78.9 Å². The summed E-state index contributed by atoms with van der Waals surface area (Å²) in [6.07, 6.45) is -2.48. The number of methoxy groups -OCH3 is 1. The summed E-state index contributed by atoms with van der Waals surface area (Å²) >= 11 is 12.0. The van der Waals surface area contributed by atoms with Gasteiger partial charge in [0.1, 0.15) is 0 Å². The van der Waals surface area contributed by atoms with Gasteiger partial charge in [-0.25, -0.2) is 14.6 Å². The first-order valence-corrected chi connectivity index (χ1v) is 14.9. The van der Waals surface area contributed by atoms with Crippen LogP contribution in [0.15, 0.2) is 91.0 Å². The van der Waals surface area contributed by atoms with Crippen molar-refractivity contribution in [1.29, 1.82) is 0 Å². The Morgan fingerprint density at radius 3 is 2.00 bits per heavy atom. The molecule has 0 saturated carbocycles. The Morgan fingerprint density at radius 1 is 0.841 bits per heavy atom. The molecule has 226 valence electrons. The highest BCUT2D eigenvalue weighted by atomic mass is 35.5. The number of para-hydroxylation sites is 2. The molecule has 1 aromatic heterocycles. The van der Waals surface area contributed by atoms with Gasteiger partial charge in [-0.2, -0.15) is 0 Å². The maximum Gasteiger partial charge on any atom is 0.411 e. The number of amides is 2. The molecule has 11 heteroatoms. The first-order chi connectivity index (χ1) is 21.4. The van der Waals surface area contributed by atoms with E-state index in [-0.39, 0.29) is 0 Å². The Hall–Kier alpha value is -4.73. The molecular weight excluding hydrogens is 601 g/mol. The molecular formula is C33H31Cl2N5O4. The van der Waals surface area contributed by atoms with Crippen molar-refractivity contribution in [3.63, 3.8) is 0 Å². The van der Waals surface area contributed by atoms with E-state index in [9.17, 15) is 9.59 Å². The van der Waals surface area contributed by atoms with Crippen molar-refractivity contribution in [3.05, 3.63) is 102 Å². The zero-order chi connectivity index (χ0) is 31.1. The molecule has 0 aliphatic carbocycles. The largest absolute Gasteiger partial charge is 0.453 e. The fourth-order valence-corrected chi connectivity index (χ4v) is 5.52. The summed E-state index contributed by atoms with van der Waals surface area (Å²) in [6, 6.07) is 28.5. The SMILES string of the molecule is COC(=O)Nc1cc(Nc2c3ccccc3nc3ccccc23)cc(C(OC(N)=O)c2ccc(N(CCCl)CCCl)cc2)c1. The third-order valence-corrected chi connectivity index (χ3v) is 7.39. The second-order valence-electron chi connectivity index (χ2n) is 9.88. The van der Waals surface area contributed by atoms with Crippen LogP contribution in [-0.4, -0.2) is 49.1 Å².